The highest BCUT2D eigenvalue weighted by atomic mass is 31.2. The predicted octanol–water partition coefficient (Wildman–Crippen LogP) is 8.64. The third kappa shape index (κ3) is 11.5. The number of fused-ring (bicyclic) bond motifs is 2. The molecule has 4 unspecified atom stereocenters. The van der Waals surface area contributed by atoms with Gasteiger partial charge in [-0.1, -0.05) is 90.1 Å². The molecule has 0 saturated carbocycles. The minimum atomic E-state index is -4.67. The van der Waals surface area contributed by atoms with Gasteiger partial charge in [-0.2, -0.15) is 0 Å². The molecular weight excluding hydrogens is 710 g/mol. The molecule has 1 aliphatic heterocycles. The molecule has 0 fully saturated rings. The van der Waals surface area contributed by atoms with Crippen molar-refractivity contribution in [2.75, 3.05) is 26.4 Å². The number of ether oxygens (including phenoxy) is 4. The van der Waals surface area contributed by atoms with Crippen molar-refractivity contribution in [1.29, 1.82) is 0 Å². The van der Waals surface area contributed by atoms with E-state index in [9.17, 15) is 18.9 Å². The first-order valence-corrected chi connectivity index (χ1v) is 19.8. The molecule has 0 bridgehead atoms. The zero-order valence-corrected chi connectivity index (χ0v) is 31.9. The standard InChI is InChI=1S/C38H46O12P2/c1-37(2,3)27-17-19-33-35(21-27)45-25-31(49-51(39,40)47-29-13-9-7-10-14-29)24-44-34-20-18-28(38(4,5)6)22-36(34)46-26-32(23-43-33)50-52(41,42)48-30-15-11-8-12-16-30/h7-22,31-32H,23-26H2,1-6H3,(H,39,40)(H,41,42). The van der Waals surface area contributed by atoms with Crippen LogP contribution in [0.5, 0.6) is 34.5 Å². The Kier molecular flexibility index (Phi) is 12.3. The highest BCUT2D eigenvalue weighted by molar-refractivity contribution is 7.48. The van der Waals surface area contributed by atoms with E-state index in [0.29, 0.717) is 0 Å². The number of rotatable bonds is 8. The van der Waals surface area contributed by atoms with Crippen LogP contribution in [0.25, 0.3) is 0 Å². The second-order valence-electron chi connectivity index (χ2n) is 14.3. The molecule has 0 aliphatic carbocycles. The monoisotopic (exact) mass is 756 g/mol. The van der Waals surface area contributed by atoms with Gasteiger partial charge in [-0.25, -0.2) is 9.13 Å². The largest absolute Gasteiger partial charge is 0.527 e. The van der Waals surface area contributed by atoms with Crippen molar-refractivity contribution in [2.24, 2.45) is 0 Å². The van der Waals surface area contributed by atoms with Crippen LogP contribution < -0.4 is 28.0 Å². The first kappa shape index (κ1) is 39.2. The van der Waals surface area contributed by atoms with Crippen molar-refractivity contribution in [3.05, 3.63) is 108 Å². The number of hydrogen-bond acceptors (Lipinski definition) is 10. The van der Waals surface area contributed by atoms with Gasteiger partial charge in [-0.3, -0.25) is 18.8 Å². The molecule has 4 aromatic carbocycles. The molecule has 4 atom stereocenters. The van der Waals surface area contributed by atoms with Crippen molar-refractivity contribution in [3.63, 3.8) is 0 Å². The summed E-state index contributed by atoms with van der Waals surface area (Å²) in [6, 6.07) is 27.1. The van der Waals surface area contributed by atoms with Crippen molar-refractivity contribution < 1.29 is 56.0 Å². The van der Waals surface area contributed by atoms with Crippen LogP contribution in [0, 0.1) is 0 Å². The van der Waals surface area contributed by atoms with Crippen LogP contribution in [0.2, 0.25) is 0 Å². The van der Waals surface area contributed by atoms with Crippen LogP contribution in [-0.4, -0.2) is 48.4 Å². The maximum Gasteiger partial charge on any atom is 0.527 e. The number of phosphoric acid groups is 2. The molecule has 0 aromatic heterocycles. The molecular formula is C38H46O12P2. The van der Waals surface area contributed by atoms with Crippen LogP contribution in [0.3, 0.4) is 0 Å². The summed E-state index contributed by atoms with van der Waals surface area (Å²) in [5.41, 5.74) is 1.30. The Labute approximate surface area is 304 Å². The summed E-state index contributed by atoms with van der Waals surface area (Å²) < 4.78 is 73.1. The Morgan fingerprint density at radius 3 is 1.17 bits per heavy atom. The Hall–Kier alpha value is -4.02. The normalized spacial score (nSPS) is 19.3. The van der Waals surface area contributed by atoms with Crippen molar-refractivity contribution in [3.8, 4) is 34.5 Å². The van der Waals surface area contributed by atoms with Gasteiger partial charge in [-0.15, -0.1) is 0 Å². The fourth-order valence-corrected chi connectivity index (χ4v) is 6.87. The number of hydrogen-bond donors (Lipinski definition) is 2. The maximum atomic E-state index is 13.2. The number of benzene rings is 4. The summed E-state index contributed by atoms with van der Waals surface area (Å²) in [6.07, 6.45) is -2.23. The lowest BCUT2D eigenvalue weighted by Crippen LogP contribution is -2.31. The fraction of sp³-hybridized carbons (Fsp3) is 0.368. The lowest BCUT2D eigenvalue weighted by Gasteiger charge is -2.27. The molecule has 1 aliphatic rings. The van der Waals surface area contributed by atoms with Gasteiger partial charge in [-0.05, 0) is 70.5 Å². The highest BCUT2D eigenvalue weighted by Crippen LogP contribution is 2.47. The van der Waals surface area contributed by atoms with E-state index in [-0.39, 0.29) is 71.8 Å². The summed E-state index contributed by atoms with van der Waals surface area (Å²) >= 11 is 0. The van der Waals surface area contributed by atoms with E-state index < -0.39 is 27.9 Å². The first-order valence-electron chi connectivity index (χ1n) is 16.8. The van der Waals surface area contributed by atoms with E-state index in [0.717, 1.165) is 11.1 Å². The van der Waals surface area contributed by atoms with Gasteiger partial charge in [0.15, 0.2) is 23.0 Å². The molecule has 0 saturated heterocycles. The van der Waals surface area contributed by atoms with E-state index >= 15 is 0 Å². The molecule has 14 heteroatoms. The summed E-state index contributed by atoms with van der Waals surface area (Å²) in [5, 5.41) is 0. The van der Waals surface area contributed by atoms with E-state index in [1.54, 1.807) is 60.7 Å². The lowest BCUT2D eigenvalue weighted by atomic mass is 9.87. The van der Waals surface area contributed by atoms with E-state index in [1.165, 1.54) is 24.3 Å². The van der Waals surface area contributed by atoms with Crippen molar-refractivity contribution in [2.45, 2.75) is 64.6 Å². The summed E-state index contributed by atoms with van der Waals surface area (Å²) in [4.78, 5) is 21.5. The second kappa shape index (κ2) is 16.3. The Balaban J connectivity index is 1.49. The molecule has 52 heavy (non-hydrogen) atoms. The quantitative estimate of drug-likeness (QED) is 0.166. The zero-order chi connectivity index (χ0) is 37.6. The number of para-hydroxylation sites is 2. The Morgan fingerprint density at radius 2 is 0.846 bits per heavy atom. The maximum absolute atomic E-state index is 13.2. The molecule has 280 valence electrons. The minimum Gasteiger partial charge on any atom is -0.487 e. The van der Waals surface area contributed by atoms with Crippen LogP contribution in [0.4, 0.5) is 0 Å². The fourth-order valence-electron chi connectivity index (χ4n) is 5.01. The van der Waals surface area contributed by atoms with Crippen LogP contribution >= 0.6 is 15.6 Å². The van der Waals surface area contributed by atoms with E-state index in [2.05, 4.69) is 0 Å². The van der Waals surface area contributed by atoms with Gasteiger partial charge >= 0.3 is 15.6 Å². The zero-order valence-electron chi connectivity index (χ0n) is 30.1. The first-order chi connectivity index (χ1) is 24.5. The molecule has 0 radical (unpaired) electrons. The summed E-state index contributed by atoms with van der Waals surface area (Å²) in [6.45, 7) is 11.2. The minimum absolute atomic E-state index is 0.149. The van der Waals surface area contributed by atoms with Gasteiger partial charge in [0.2, 0.25) is 0 Å². The Bertz CT molecular complexity index is 1740. The molecule has 0 spiro atoms. The molecule has 5 rings (SSSR count). The van der Waals surface area contributed by atoms with Gasteiger partial charge < -0.3 is 28.0 Å². The third-order valence-corrected chi connectivity index (χ3v) is 9.82. The van der Waals surface area contributed by atoms with Crippen LogP contribution in [-0.2, 0) is 29.0 Å². The lowest BCUT2D eigenvalue weighted by molar-refractivity contribution is 0.0406. The SMILES string of the molecule is CC(C)(C)c1ccc2c(c1)OCC(OP(=O)(O)Oc1ccccc1)COc1ccc(C(C)(C)C)cc1OCC(OP(=O)(O)Oc1ccccc1)CO2. The smallest absolute Gasteiger partial charge is 0.487 e. The highest BCUT2D eigenvalue weighted by Gasteiger charge is 2.33. The average Bonchev–Trinajstić information content (AvgIpc) is 3.06. The van der Waals surface area contributed by atoms with Crippen molar-refractivity contribution in [1.82, 2.24) is 0 Å². The van der Waals surface area contributed by atoms with Crippen LogP contribution in [0.1, 0.15) is 52.7 Å². The molecule has 4 aromatic rings. The molecule has 2 N–H and O–H groups in total. The predicted molar refractivity (Wildman–Crippen MR) is 196 cm³/mol. The molecule has 12 nitrogen and oxygen atoms in total. The number of phosphoric ester groups is 2. The van der Waals surface area contributed by atoms with E-state index in [1.807, 2.05) is 53.7 Å². The van der Waals surface area contributed by atoms with E-state index in [4.69, 9.17) is 37.0 Å². The average molecular weight is 757 g/mol. The second-order valence-corrected chi connectivity index (χ2v) is 16.9. The topological polar surface area (TPSA) is 148 Å². The van der Waals surface area contributed by atoms with Gasteiger partial charge in [0.25, 0.3) is 0 Å². The van der Waals surface area contributed by atoms with Gasteiger partial charge in [0.1, 0.15) is 50.1 Å². The molecule has 0 amide bonds. The summed E-state index contributed by atoms with van der Waals surface area (Å²) in [7, 11) is -9.33. The van der Waals surface area contributed by atoms with Crippen LogP contribution in [0.15, 0.2) is 97.1 Å². The van der Waals surface area contributed by atoms with Crippen molar-refractivity contribution >= 4 is 15.6 Å². The van der Waals surface area contributed by atoms with Gasteiger partial charge in [0.05, 0.1) is 0 Å². The third-order valence-electron chi connectivity index (χ3n) is 7.81. The van der Waals surface area contributed by atoms with Gasteiger partial charge in [0, 0.05) is 0 Å². The Morgan fingerprint density at radius 1 is 0.519 bits per heavy atom. The molecule has 1 heterocycles. The summed E-state index contributed by atoms with van der Waals surface area (Å²) in [5.74, 6) is 1.43.